The second kappa shape index (κ2) is 6.60. The first kappa shape index (κ1) is 16.7. The minimum Gasteiger partial charge on any atom is -0.439 e. The van der Waals surface area contributed by atoms with E-state index in [9.17, 15) is 13.5 Å². The standard InChI is InChI=1S/C15H20N2O4S/c1-11-6-4-5-7-13(11)14-8-16-15(21-14)10-17(9-12(2)18)22(3,19)20/h4-8,12,18H,9-10H2,1-3H3/t12-/m1/s1. The third kappa shape index (κ3) is 4.16. The van der Waals surface area contributed by atoms with Crippen molar-refractivity contribution in [1.82, 2.24) is 9.29 Å². The number of benzene rings is 1. The summed E-state index contributed by atoms with van der Waals surface area (Å²) >= 11 is 0. The van der Waals surface area contributed by atoms with Gasteiger partial charge in [-0.25, -0.2) is 13.4 Å². The number of aliphatic hydroxyl groups excluding tert-OH is 1. The van der Waals surface area contributed by atoms with Crippen LogP contribution in [0.3, 0.4) is 0 Å². The van der Waals surface area contributed by atoms with Gasteiger partial charge in [-0.2, -0.15) is 4.31 Å². The fourth-order valence-electron chi connectivity index (χ4n) is 2.12. The molecule has 1 N–H and O–H groups in total. The van der Waals surface area contributed by atoms with Crippen molar-refractivity contribution in [3.8, 4) is 11.3 Å². The number of nitrogens with zero attached hydrogens (tertiary/aromatic N) is 2. The second-order valence-electron chi connectivity index (χ2n) is 5.34. The maximum atomic E-state index is 11.7. The summed E-state index contributed by atoms with van der Waals surface area (Å²) in [4.78, 5) is 4.14. The maximum absolute atomic E-state index is 11.7. The number of hydrogen-bond acceptors (Lipinski definition) is 5. The zero-order valence-electron chi connectivity index (χ0n) is 12.9. The molecular formula is C15H20N2O4S. The first-order valence-corrected chi connectivity index (χ1v) is 8.76. The molecule has 6 nitrogen and oxygen atoms in total. The van der Waals surface area contributed by atoms with Gasteiger partial charge in [0.1, 0.15) is 0 Å². The first-order chi connectivity index (χ1) is 10.3. The molecule has 0 aliphatic carbocycles. The average Bonchev–Trinajstić information content (AvgIpc) is 2.85. The molecule has 7 heteroatoms. The third-order valence-corrected chi connectivity index (χ3v) is 4.43. The molecule has 2 rings (SSSR count). The number of aromatic nitrogens is 1. The lowest BCUT2D eigenvalue weighted by molar-refractivity contribution is 0.158. The summed E-state index contributed by atoms with van der Waals surface area (Å²) in [5.74, 6) is 0.892. The number of aliphatic hydroxyl groups is 1. The van der Waals surface area contributed by atoms with Crippen LogP contribution in [0.15, 0.2) is 34.9 Å². The van der Waals surface area contributed by atoms with Crippen LogP contribution < -0.4 is 0 Å². The van der Waals surface area contributed by atoms with Crippen LogP contribution in [0.4, 0.5) is 0 Å². The summed E-state index contributed by atoms with van der Waals surface area (Å²) in [7, 11) is -3.45. The van der Waals surface area contributed by atoms with Crippen molar-refractivity contribution in [2.75, 3.05) is 12.8 Å². The van der Waals surface area contributed by atoms with Crippen LogP contribution in [0.1, 0.15) is 18.4 Å². The summed E-state index contributed by atoms with van der Waals surface area (Å²) in [5, 5.41) is 9.43. The van der Waals surface area contributed by atoms with E-state index in [0.29, 0.717) is 11.7 Å². The molecule has 1 aromatic carbocycles. The molecule has 0 unspecified atom stereocenters. The van der Waals surface area contributed by atoms with Gasteiger partial charge in [-0.3, -0.25) is 0 Å². The monoisotopic (exact) mass is 324 g/mol. The molecule has 0 aliphatic rings. The van der Waals surface area contributed by atoms with Crippen molar-refractivity contribution in [1.29, 1.82) is 0 Å². The van der Waals surface area contributed by atoms with Crippen LogP contribution in [-0.2, 0) is 16.6 Å². The van der Waals surface area contributed by atoms with Crippen LogP contribution in [0.2, 0.25) is 0 Å². The SMILES string of the molecule is Cc1ccccc1-c1cnc(CN(C[C@@H](C)O)S(C)(=O)=O)o1. The Morgan fingerprint density at radius 3 is 2.64 bits per heavy atom. The van der Waals surface area contributed by atoms with Crippen LogP contribution in [0.5, 0.6) is 0 Å². The Morgan fingerprint density at radius 1 is 1.36 bits per heavy atom. The summed E-state index contributed by atoms with van der Waals surface area (Å²) < 4.78 is 30.3. The highest BCUT2D eigenvalue weighted by molar-refractivity contribution is 7.88. The van der Waals surface area contributed by atoms with Crippen molar-refractivity contribution in [2.45, 2.75) is 26.5 Å². The Hall–Kier alpha value is -1.70. The first-order valence-electron chi connectivity index (χ1n) is 6.91. The number of rotatable bonds is 6. The van der Waals surface area contributed by atoms with Crippen molar-refractivity contribution in [3.63, 3.8) is 0 Å². The minimum absolute atomic E-state index is 0.000904. The number of aryl methyl sites for hydroxylation is 1. The molecule has 0 saturated carbocycles. The fraction of sp³-hybridized carbons (Fsp3) is 0.400. The molecule has 0 aliphatic heterocycles. The van der Waals surface area contributed by atoms with Gasteiger partial charge in [0.05, 0.1) is 25.1 Å². The molecule has 22 heavy (non-hydrogen) atoms. The number of oxazole rings is 1. The van der Waals surface area contributed by atoms with E-state index < -0.39 is 16.1 Å². The molecule has 120 valence electrons. The van der Waals surface area contributed by atoms with Crippen molar-refractivity contribution >= 4 is 10.0 Å². The highest BCUT2D eigenvalue weighted by atomic mass is 32.2. The molecule has 1 heterocycles. The van der Waals surface area contributed by atoms with E-state index in [-0.39, 0.29) is 13.1 Å². The summed E-state index contributed by atoms with van der Waals surface area (Å²) in [6.45, 7) is 3.50. The third-order valence-electron chi connectivity index (χ3n) is 3.21. The largest absolute Gasteiger partial charge is 0.439 e. The predicted molar refractivity (Wildman–Crippen MR) is 83.6 cm³/mol. The highest BCUT2D eigenvalue weighted by Gasteiger charge is 2.21. The van der Waals surface area contributed by atoms with Crippen molar-refractivity contribution in [3.05, 3.63) is 41.9 Å². The average molecular weight is 324 g/mol. The highest BCUT2D eigenvalue weighted by Crippen LogP contribution is 2.24. The van der Waals surface area contributed by atoms with Gasteiger partial charge in [0, 0.05) is 12.1 Å². The zero-order chi connectivity index (χ0) is 16.3. The Kier molecular flexibility index (Phi) is 5.00. The maximum Gasteiger partial charge on any atom is 0.211 e. The molecular weight excluding hydrogens is 304 g/mol. The topological polar surface area (TPSA) is 83.6 Å². The summed E-state index contributed by atoms with van der Waals surface area (Å²) in [5.41, 5.74) is 1.97. The van der Waals surface area contributed by atoms with Crippen molar-refractivity contribution in [2.24, 2.45) is 0 Å². The predicted octanol–water partition coefficient (Wildman–Crippen LogP) is 1.79. The fourth-order valence-corrected chi connectivity index (χ4v) is 2.95. The van der Waals surface area contributed by atoms with Gasteiger partial charge in [0.2, 0.25) is 15.9 Å². The van der Waals surface area contributed by atoms with E-state index in [1.165, 1.54) is 6.92 Å². The summed E-state index contributed by atoms with van der Waals surface area (Å²) in [6.07, 6.45) is 1.92. The van der Waals surface area contributed by atoms with Crippen molar-refractivity contribution < 1.29 is 17.9 Å². The van der Waals surface area contributed by atoms with E-state index in [0.717, 1.165) is 21.7 Å². The molecule has 2 aromatic rings. The normalized spacial score (nSPS) is 13.5. The summed E-state index contributed by atoms with van der Waals surface area (Å²) in [6, 6.07) is 7.72. The smallest absolute Gasteiger partial charge is 0.211 e. The molecule has 1 atom stereocenters. The molecule has 0 amide bonds. The van der Waals surface area contributed by atoms with E-state index in [2.05, 4.69) is 4.98 Å². The zero-order valence-corrected chi connectivity index (χ0v) is 13.7. The molecule has 0 radical (unpaired) electrons. The van der Waals surface area contributed by atoms with Gasteiger partial charge in [-0.1, -0.05) is 24.3 Å². The Morgan fingerprint density at radius 2 is 2.05 bits per heavy atom. The van der Waals surface area contributed by atoms with Gasteiger partial charge >= 0.3 is 0 Å². The second-order valence-corrected chi connectivity index (χ2v) is 7.32. The van der Waals surface area contributed by atoms with E-state index in [4.69, 9.17) is 4.42 Å². The van der Waals surface area contributed by atoms with E-state index in [1.807, 2.05) is 31.2 Å². The molecule has 0 fully saturated rings. The van der Waals surface area contributed by atoms with Gasteiger partial charge in [-0.15, -0.1) is 0 Å². The minimum atomic E-state index is -3.45. The lowest BCUT2D eigenvalue weighted by Crippen LogP contribution is -2.35. The Balaban J connectivity index is 2.22. The van der Waals surface area contributed by atoms with Gasteiger partial charge in [0.15, 0.2) is 5.76 Å². The number of hydrogen-bond donors (Lipinski definition) is 1. The van der Waals surface area contributed by atoms with Crippen LogP contribution in [0.25, 0.3) is 11.3 Å². The quantitative estimate of drug-likeness (QED) is 0.876. The van der Waals surface area contributed by atoms with E-state index in [1.54, 1.807) is 6.20 Å². The number of sulfonamides is 1. The van der Waals surface area contributed by atoms with Gasteiger partial charge < -0.3 is 9.52 Å². The van der Waals surface area contributed by atoms with Gasteiger partial charge in [0.25, 0.3) is 0 Å². The van der Waals surface area contributed by atoms with Crippen LogP contribution in [-0.4, -0.2) is 41.7 Å². The molecule has 0 bridgehead atoms. The van der Waals surface area contributed by atoms with Crippen LogP contribution >= 0.6 is 0 Å². The van der Waals surface area contributed by atoms with Gasteiger partial charge in [-0.05, 0) is 19.4 Å². The van der Waals surface area contributed by atoms with E-state index >= 15 is 0 Å². The molecule has 0 saturated heterocycles. The molecule has 1 aromatic heterocycles. The lowest BCUT2D eigenvalue weighted by Gasteiger charge is -2.19. The molecule has 0 spiro atoms. The lowest BCUT2D eigenvalue weighted by atomic mass is 10.1. The Bertz CT molecular complexity index is 738. The van der Waals surface area contributed by atoms with Crippen LogP contribution in [0, 0.1) is 6.92 Å². The Labute approximate surface area is 130 Å².